The molecule has 1 aliphatic heterocycles. The molecule has 7 rings (SSSR count). The average molecular weight is 882 g/mol. The minimum absolute atomic E-state index is 0.0714. The number of nitro groups is 1. The molecule has 16 heteroatoms. The number of hydrogen-bond acceptors (Lipinski definition) is 12. The molecule has 6 aromatic rings. The highest BCUT2D eigenvalue weighted by atomic mass is 35.5. The van der Waals surface area contributed by atoms with Gasteiger partial charge in [-0.2, -0.15) is 0 Å². The van der Waals surface area contributed by atoms with Crippen molar-refractivity contribution in [3.05, 3.63) is 142 Å². The van der Waals surface area contributed by atoms with Crippen LogP contribution in [0.2, 0.25) is 5.02 Å². The van der Waals surface area contributed by atoms with Crippen LogP contribution < -0.4 is 20.3 Å². The first kappa shape index (κ1) is 43.8. The lowest BCUT2D eigenvalue weighted by atomic mass is 9.99. The van der Waals surface area contributed by atoms with E-state index in [4.69, 9.17) is 11.6 Å². The van der Waals surface area contributed by atoms with Gasteiger partial charge in [-0.15, -0.1) is 11.8 Å². The van der Waals surface area contributed by atoms with Crippen molar-refractivity contribution in [2.24, 2.45) is 0 Å². The van der Waals surface area contributed by atoms with E-state index in [1.807, 2.05) is 66.7 Å². The van der Waals surface area contributed by atoms with Gasteiger partial charge in [0.1, 0.15) is 12.0 Å². The third-order valence-corrected chi connectivity index (χ3v) is 13.2. The third kappa shape index (κ3) is 11.8. The van der Waals surface area contributed by atoms with Crippen LogP contribution in [0.4, 0.5) is 22.9 Å². The Labute approximate surface area is 365 Å². The zero-order chi connectivity index (χ0) is 43.0. The number of piperazine rings is 1. The lowest BCUT2D eigenvalue weighted by molar-refractivity contribution is -0.384. The molecule has 0 amide bonds. The van der Waals surface area contributed by atoms with Crippen LogP contribution in [0.1, 0.15) is 25.8 Å². The van der Waals surface area contributed by atoms with Gasteiger partial charge in [-0.3, -0.25) is 19.7 Å². The van der Waals surface area contributed by atoms with Gasteiger partial charge in [0.05, 0.1) is 20.9 Å². The summed E-state index contributed by atoms with van der Waals surface area (Å²) in [6, 6.07) is 35.5. The van der Waals surface area contributed by atoms with Gasteiger partial charge in [0.2, 0.25) is 0 Å². The molecule has 0 aliphatic carbocycles. The average Bonchev–Trinajstić information content (AvgIpc) is 3.25. The molecular formula is C45H49ClN8O5S2. The molecule has 13 nitrogen and oxygen atoms in total. The van der Waals surface area contributed by atoms with E-state index < -0.39 is 20.5 Å². The van der Waals surface area contributed by atoms with Gasteiger partial charge in [0.15, 0.2) is 5.82 Å². The van der Waals surface area contributed by atoms with Crippen molar-refractivity contribution < 1.29 is 18.4 Å². The van der Waals surface area contributed by atoms with Crippen LogP contribution in [-0.4, -0.2) is 90.0 Å². The molecule has 1 aliphatic rings. The Balaban J connectivity index is 1.02. The van der Waals surface area contributed by atoms with Crippen LogP contribution in [0.3, 0.4) is 0 Å². The van der Waals surface area contributed by atoms with Crippen molar-refractivity contribution in [3.63, 3.8) is 0 Å². The molecule has 1 aromatic heterocycles. The van der Waals surface area contributed by atoms with E-state index in [-0.39, 0.29) is 28.1 Å². The first-order chi connectivity index (χ1) is 29.3. The Hall–Kier alpha value is -5.29. The van der Waals surface area contributed by atoms with Gasteiger partial charge in [-0.25, -0.2) is 18.4 Å². The first-order valence-corrected chi connectivity index (χ1v) is 22.9. The minimum Gasteiger partial charge on any atom is -0.389 e. The van der Waals surface area contributed by atoms with Gasteiger partial charge < -0.3 is 20.6 Å². The largest absolute Gasteiger partial charge is 0.389 e. The van der Waals surface area contributed by atoms with E-state index in [0.29, 0.717) is 41.2 Å². The molecule has 5 aromatic carbocycles. The number of nitro benzene ring substituents is 1. The molecule has 0 spiro atoms. The molecule has 1 atom stereocenters. The van der Waals surface area contributed by atoms with Gasteiger partial charge in [0.25, 0.3) is 15.7 Å². The minimum atomic E-state index is -4.30. The van der Waals surface area contributed by atoms with Gasteiger partial charge in [-0.05, 0) is 98.1 Å². The lowest BCUT2D eigenvalue weighted by Crippen LogP contribution is -2.46. The number of thioether (sulfide) groups is 1. The first-order valence-electron chi connectivity index (χ1n) is 20.1. The molecule has 2 heterocycles. The van der Waals surface area contributed by atoms with E-state index in [0.717, 1.165) is 54.9 Å². The van der Waals surface area contributed by atoms with Crippen LogP contribution in [0.15, 0.2) is 131 Å². The van der Waals surface area contributed by atoms with Crippen molar-refractivity contribution in [1.29, 1.82) is 0 Å². The second kappa shape index (κ2) is 19.6. The van der Waals surface area contributed by atoms with Gasteiger partial charge in [-0.1, -0.05) is 66.2 Å². The van der Waals surface area contributed by atoms with E-state index in [1.54, 1.807) is 31.7 Å². The van der Waals surface area contributed by atoms with Crippen molar-refractivity contribution >= 4 is 67.2 Å². The number of anilines is 3. The summed E-state index contributed by atoms with van der Waals surface area (Å²) in [5, 5.41) is 30.2. The summed E-state index contributed by atoms with van der Waals surface area (Å²) in [7, 11) is -4.30. The maximum absolute atomic E-state index is 13.8. The molecule has 0 unspecified atom stereocenters. The van der Waals surface area contributed by atoms with Gasteiger partial charge >= 0.3 is 0 Å². The van der Waals surface area contributed by atoms with Gasteiger partial charge in [0, 0.05) is 78.1 Å². The van der Waals surface area contributed by atoms with Crippen LogP contribution in [0.25, 0.3) is 22.0 Å². The monoisotopic (exact) mass is 880 g/mol. The SMILES string of the molecule is CC(C)(O)CNCC[C@H](CSc1ccccc1)Nc1ccc(S(=O)(=O)Nc2ncnc3cc(N4CCN(Cc5ccccc5-c5ccc(Cl)cc5)CC4)ccc23)cc1[N+](=O)[O-]. The highest BCUT2D eigenvalue weighted by Gasteiger charge is 2.25. The summed E-state index contributed by atoms with van der Waals surface area (Å²) >= 11 is 7.75. The number of sulfonamides is 1. The Morgan fingerprint density at radius 1 is 0.918 bits per heavy atom. The number of benzene rings is 5. The Morgan fingerprint density at radius 2 is 1.66 bits per heavy atom. The second-order valence-corrected chi connectivity index (χ2v) is 18.8. The quantitative estimate of drug-likeness (QED) is 0.0283. The zero-order valence-electron chi connectivity index (χ0n) is 34.0. The smallest absolute Gasteiger partial charge is 0.293 e. The van der Waals surface area contributed by atoms with E-state index in [2.05, 4.69) is 59.4 Å². The molecule has 0 radical (unpaired) electrons. The maximum atomic E-state index is 13.8. The van der Waals surface area contributed by atoms with E-state index in [9.17, 15) is 23.6 Å². The Bertz CT molecular complexity index is 2550. The highest BCUT2D eigenvalue weighted by Crippen LogP contribution is 2.33. The summed E-state index contributed by atoms with van der Waals surface area (Å²) in [5.41, 5.74) is 4.05. The summed E-state index contributed by atoms with van der Waals surface area (Å²) in [6.45, 7) is 8.50. The maximum Gasteiger partial charge on any atom is 0.293 e. The molecule has 0 bridgehead atoms. The van der Waals surface area contributed by atoms with Crippen LogP contribution in [-0.2, 0) is 16.6 Å². The molecule has 61 heavy (non-hydrogen) atoms. The molecule has 318 valence electrons. The number of fused-ring (bicyclic) bond motifs is 1. The number of nitrogens with one attached hydrogen (secondary N) is 3. The fraction of sp³-hybridized carbons (Fsp3) is 0.289. The summed E-state index contributed by atoms with van der Waals surface area (Å²) in [6.07, 6.45) is 1.90. The standard InChI is InChI=1S/C45H49ClN8O5S2/c1-45(2,55)30-47-21-20-35(29-60-37-9-4-3-5-10-37)50-41-19-17-38(27-43(41)54(56)57)61(58,59)51-44-40-18-16-36(26-42(40)48-31-49-44)53-24-22-52(23-25-53)28-33-8-6-7-11-39(33)32-12-14-34(46)15-13-32/h3-19,26-27,31,35,47,50,55H,20-25,28-30H2,1-2H3,(H,48,49,51)/t35-/m1/s1. The van der Waals surface area contributed by atoms with E-state index >= 15 is 0 Å². The second-order valence-electron chi connectivity index (χ2n) is 15.6. The van der Waals surface area contributed by atoms with Crippen LogP contribution in [0, 0.1) is 10.1 Å². The van der Waals surface area contributed by atoms with E-state index in [1.165, 1.54) is 29.6 Å². The fourth-order valence-electron chi connectivity index (χ4n) is 7.24. The lowest BCUT2D eigenvalue weighted by Gasteiger charge is -2.36. The fourth-order valence-corrected chi connectivity index (χ4v) is 9.41. The number of halogens is 1. The Morgan fingerprint density at radius 3 is 2.39 bits per heavy atom. The summed E-state index contributed by atoms with van der Waals surface area (Å²) < 4.78 is 30.1. The molecule has 4 N–H and O–H groups in total. The number of nitrogens with zero attached hydrogens (tertiary/aromatic N) is 5. The molecular weight excluding hydrogens is 832 g/mol. The van der Waals surface area contributed by atoms with Crippen molar-refractivity contribution in [2.75, 3.05) is 60.0 Å². The third-order valence-electron chi connectivity index (χ3n) is 10.4. The van der Waals surface area contributed by atoms with Crippen molar-refractivity contribution in [3.8, 4) is 11.1 Å². The highest BCUT2D eigenvalue weighted by molar-refractivity contribution is 7.99. The molecule has 1 fully saturated rings. The van der Waals surface area contributed by atoms with Crippen molar-refractivity contribution in [2.45, 2.75) is 48.2 Å². The normalized spacial score (nSPS) is 14.2. The topological polar surface area (TPSA) is 166 Å². The number of aliphatic hydroxyl groups is 1. The number of aromatic nitrogens is 2. The van der Waals surface area contributed by atoms with Crippen LogP contribution in [0.5, 0.6) is 0 Å². The van der Waals surface area contributed by atoms with Crippen molar-refractivity contribution in [1.82, 2.24) is 20.2 Å². The van der Waals surface area contributed by atoms with Crippen LogP contribution >= 0.6 is 23.4 Å². The summed E-state index contributed by atoms with van der Waals surface area (Å²) in [4.78, 5) is 26.0. The number of hydrogen-bond donors (Lipinski definition) is 4. The zero-order valence-corrected chi connectivity index (χ0v) is 36.4. The predicted octanol–water partition coefficient (Wildman–Crippen LogP) is 8.30. The molecule has 0 saturated carbocycles. The summed E-state index contributed by atoms with van der Waals surface area (Å²) in [5.74, 6) is 0.661. The molecule has 1 saturated heterocycles. The number of rotatable bonds is 18. The predicted molar refractivity (Wildman–Crippen MR) is 246 cm³/mol. The Kier molecular flexibility index (Phi) is 14.1.